The molecular weight excluding hydrogens is 655 g/mol. The molecule has 0 aliphatic carbocycles. The highest BCUT2D eigenvalue weighted by Crippen LogP contribution is 2.30. The normalized spacial score (nSPS) is 20.6. The standard InChI is InChI=1S/C33H46F3N3O8S/c1-22-19-39(23(2)21-40)32(42)28-18-25(37-48(43,44)27-12-10-26(45-5)11-13-27)9-14-29(28)47-24(3)8-6-7-17-46-30(22)20-38(4)31(41)15-16-33(34,35)36/h9-14,18,22-24,30,37,40H,6-8,15-17,19-21H2,1-5H3/t22-,23-,24-,30-/m0/s1. The summed E-state index contributed by atoms with van der Waals surface area (Å²) in [6.45, 7) is 5.28. The van der Waals surface area contributed by atoms with Crippen LogP contribution in [0, 0.1) is 5.92 Å². The molecule has 0 fully saturated rings. The number of hydrogen-bond donors (Lipinski definition) is 2. The number of sulfonamides is 1. The average Bonchev–Trinajstić information content (AvgIpc) is 3.04. The number of rotatable bonds is 10. The molecule has 0 radical (unpaired) electrons. The third-order valence-corrected chi connectivity index (χ3v) is 9.57. The monoisotopic (exact) mass is 701 g/mol. The van der Waals surface area contributed by atoms with E-state index in [4.69, 9.17) is 14.2 Å². The molecule has 0 aromatic heterocycles. The number of ether oxygens (including phenoxy) is 3. The number of benzene rings is 2. The lowest BCUT2D eigenvalue weighted by Crippen LogP contribution is -2.48. The highest BCUT2D eigenvalue weighted by molar-refractivity contribution is 7.92. The number of aliphatic hydroxyl groups is 1. The molecule has 2 aromatic carbocycles. The number of aliphatic hydroxyl groups excluding tert-OH is 1. The van der Waals surface area contributed by atoms with E-state index >= 15 is 0 Å². The number of nitrogens with one attached hydrogen (secondary N) is 1. The van der Waals surface area contributed by atoms with E-state index in [1.165, 1.54) is 66.4 Å². The van der Waals surface area contributed by atoms with E-state index < -0.39 is 65.5 Å². The maximum absolute atomic E-state index is 14.3. The maximum Gasteiger partial charge on any atom is 0.389 e. The Bertz CT molecular complexity index is 1470. The van der Waals surface area contributed by atoms with Crippen molar-refractivity contribution >= 4 is 27.5 Å². The van der Waals surface area contributed by atoms with E-state index in [2.05, 4.69) is 4.72 Å². The van der Waals surface area contributed by atoms with E-state index in [-0.39, 0.29) is 41.1 Å². The van der Waals surface area contributed by atoms with Gasteiger partial charge in [0, 0.05) is 44.8 Å². The highest BCUT2D eigenvalue weighted by atomic mass is 32.2. The predicted octanol–water partition coefficient (Wildman–Crippen LogP) is 5.09. The van der Waals surface area contributed by atoms with Crippen LogP contribution in [0.4, 0.5) is 18.9 Å². The molecule has 2 N–H and O–H groups in total. The van der Waals surface area contributed by atoms with Crippen LogP contribution >= 0.6 is 0 Å². The summed E-state index contributed by atoms with van der Waals surface area (Å²) in [6, 6.07) is 9.54. The van der Waals surface area contributed by atoms with Gasteiger partial charge in [-0.05, 0) is 75.6 Å². The Hall–Kier alpha value is -3.56. The summed E-state index contributed by atoms with van der Waals surface area (Å²) in [5.74, 6) is -0.923. The van der Waals surface area contributed by atoms with Crippen LogP contribution < -0.4 is 14.2 Å². The van der Waals surface area contributed by atoms with Crippen molar-refractivity contribution in [1.29, 1.82) is 0 Å². The first kappa shape index (κ1) is 38.9. The summed E-state index contributed by atoms with van der Waals surface area (Å²) in [7, 11) is -1.16. The van der Waals surface area contributed by atoms with Crippen LogP contribution in [0.5, 0.6) is 11.5 Å². The molecule has 2 aromatic rings. The van der Waals surface area contributed by atoms with Crippen LogP contribution in [0.25, 0.3) is 0 Å². The summed E-state index contributed by atoms with van der Waals surface area (Å²) in [5, 5.41) is 10.1. The summed E-state index contributed by atoms with van der Waals surface area (Å²) in [5.41, 5.74) is 0.179. The van der Waals surface area contributed by atoms with Gasteiger partial charge in [-0.15, -0.1) is 0 Å². The number of likely N-dealkylation sites (N-methyl/N-ethyl adjacent to an activating group) is 1. The molecule has 1 heterocycles. The summed E-state index contributed by atoms with van der Waals surface area (Å²) < 4.78 is 84.6. The van der Waals surface area contributed by atoms with E-state index in [0.717, 1.165) is 0 Å². The van der Waals surface area contributed by atoms with Crippen molar-refractivity contribution in [3.8, 4) is 11.5 Å². The molecule has 2 amide bonds. The van der Waals surface area contributed by atoms with Crippen LogP contribution in [-0.4, -0.2) is 100 Å². The number of methoxy groups -OCH3 is 1. The second-order valence-electron chi connectivity index (χ2n) is 12.2. The number of carbonyl (C=O) groups is 2. The van der Waals surface area contributed by atoms with E-state index in [1.54, 1.807) is 13.8 Å². The van der Waals surface area contributed by atoms with E-state index in [0.29, 0.717) is 31.6 Å². The minimum Gasteiger partial charge on any atom is -0.497 e. The second kappa shape index (κ2) is 17.2. The number of fused-ring (bicyclic) bond motifs is 1. The van der Waals surface area contributed by atoms with Crippen molar-refractivity contribution in [2.24, 2.45) is 5.92 Å². The van der Waals surface area contributed by atoms with Crippen molar-refractivity contribution in [3.63, 3.8) is 0 Å². The van der Waals surface area contributed by atoms with Gasteiger partial charge in [-0.2, -0.15) is 13.2 Å². The second-order valence-corrected chi connectivity index (χ2v) is 13.9. The van der Waals surface area contributed by atoms with Crippen LogP contribution in [-0.2, 0) is 19.6 Å². The molecule has 268 valence electrons. The Balaban J connectivity index is 1.95. The van der Waals surface area contributed by atoms with Crippen molar-refractivity contribution in [3.05, 3.63) is 48.0 Å². The Kier molecular flexibility index (Phi) is 13.9. The van der Waals surface area contributed by atoms with Crippen molar-refractivity contribution in [2.45, 2.75) is 82.2 Å². The number of nitrogens with zero attached hydrogens (tertiary/aromatic N) is 2. The van der Waals surface area contributed by atoms with E-state index in [9.17, 15) is 36.3 Å². The SMILES string of the molecule is COc1ccc(S(=O)(=O)Nc2ccc3c(c2)C(=O)N([C@@H](C)CO)C[C@H](C)[C@H](CN(C)C(=O)CCC(F)(F)F)OCCCC[C@H](C)O3)cc1. The van der Waals surface area contributed by atoms with Crippen molar-refractivity contribution in [1.82, 2.24) is 9.80 Å². The molecule has 3 rings (SSSR count). The molecule has 11 nitrogen and oxygen atoms in total. The van der Waals surface area contributed by atoms with Gasteiger partial charge in [-0.1, -0.05) is 6.92 Å². The van der Waals surface area contributed by atoms with Crippen LogP contribution in [0.3, 0.4) is 0 Å². The fraction of sp³-hybridized carbons (Fsp3) is 0.576. The zero-order valence-electron chi connectivity index (χ0n) is 28.0. The molecule has 48 heavy (non-hydrogen) atoms. The summed E-state index contributed by atoms with van der Waals surface area (Å²) >= 11 is 0. The fourth-order valence-electron chi connectivity index (χ4n) is 5.23. The first-order valence-electron chi connectivity index (χ1n) is 15.9. The molecule has 4 atom stereocenters. The average molecular weight is 702 g/mol. The maximum atomic E-state index is 14.3. The number of halogens is 3. The highest BCUT2D eigenvalue weighted by Gasteiger charge is 2.32. The Morgan fingerprint density at radius 3 is 2.48 bits per heavy atom. The lowest BCUT2D eigenvalue weighted by Gasteiger charge is -2.36. The lowest BCUT2D eigenvalue weighted by molar-refractivity contribution is -0.149. The van der Waals surface area contributed by atoms with Gasteiger partial charge in [0.1, 0.15) is 11.5 Å². The minimum atomic E-state index is -4.46. The van der Waals surface area contributed by atoms with Gasteiger partial charge >= 0.3 is 6.18 Å². The summed E-state index contributed by atoms with van der Waals surface area (Å²) in [4.78, 5) is 29.4. The van der Waals surface area contributed by atoms with Gasteiger partial charge in [0.25, 0.3) is 15.9 Å². The number of amides is 2. The lowest BCUT2D eigenvalue weighted by atomic mass is 10.0. The van der Waals surface area contributed by atoms with Crippen LogP contribution in [0.2, 0.25) is 0 Å². The first-order chi connectivity index (χ1) is 22.5. The third kappa shape index (κ3) is 11.3. The van der Waals surface area contributed by atoms with E-state index in [1.807, 2.05) is 6.92 Å². The molecule has 0 saturated heterocycles. The molecular formula is C33H46F3N3O8S. The van der Waals surface area contributed by atoms with Gasteiger partial charge < -0.3 is 29.1 Å². The molecule has 0 spiro atoms. The minimum absolute atomic E-state index is 0.000776. The molecule has 0 unspecified atom stereocenters. The first-order valence-corrected chi connectivity index (χ1v) is 17.3. The third-order valence-electron chi connectivity index (χ3n) is 8.18. The molecule has 1 aliphatic rings. The van der Waals surface area contributed by atoms with Gasteiger partial charge in [-0.25, -0.2) is 8.42 Å². The van der Waals surface area contributed by atoms with Gasteiger partial charge in [-0.3, -0.25) is 14.3 Å². The predicted molar refractivity (Wildman–Crippen MR) is 174 cm³/mol. The fourth-order valence-corrected chi connectivity index (χ4v) is 6.28. The number of alkyl halides is 3. The largest absolute Gasteiger partial charge is 0.497 e. The molecule has 15 heteroatoms. The molecule has 0 bridgehead atoms. The Labute approximate surface area is 280 Å². The zero-order valence-corrected chi connectivity index (χ0v) is 28.8. The molecule has 0 saturated carbocycles. The zero-order chi connectivity index (χ0) is 35.6. The van der Waals surface area contributed by atoms with Crippen molar-refractivity contribution in [2.75, 3.05) is 45.2 Å². The van der Waals surface area contributed by atoms with Crippen LogP contribution in [0.1, 0.15) is 63.2 Å². The quantitative estimate of drug-likeness (QED) is 0.350. The van der Waals surface area contributed by atoms with Crippen LogP contribution in [0.15, 0.2) is 47.4 Å². The van der Waals surface area contributed by atoms with Gasteiger partial charge in [0.05, 0.1) is 48.8 Å². The van der Waals surface area contributed by atoms with Gasteiger partial charge in [0.15, 0.2) is 0 Å². The topological polar surface area (TPSA) is 135 Å². The Morgan fingerprint density at radius 2 is 1.85 bits per heavy atom. The van der Waals surface area contributed by atoms with Gasteiger partial charge in [0.2, 0.25) is 5.91 Å². The number of hydrogen-bond acceptors (Lipinski definition) is 8. The number of anilines is 1. The Morgan fingerprint density at radius 1 is 1.17 bits per heavy atom. The smallest absolute Gasteiger partial charge is 0.389 e. The number of carbonyl (C=O) groups excluding carboxylic acids is 2. The van der Waals surface area contributed by atoms with Crippen molar-refractivity contribution < 1.29 is 50.5 Å². The molecule has 1 aliphatic heterocycles. The summed E-state index contributed by atoms with van der Waals surface area (Å²) in [6.07, 6.45) is -5.37.